The van der Waals surface area contributed by atoms with E-state index in [9.17, 15) is 4.79 Å². The molecule has 112 valence electrons. The number of hydrogen-bond donors (Lipinski definition) is 1. The van der Waals surface area contributed by atoms with Crippen molar-refractivity contribution < 1.29 is 9.90 Å². The molecule has 0 radical (unpaired) electrons. The van der Waals surface area contributed by atoms with Gasteiger partial charge in [-0.3, -0.25) is 9.69 Å². The van der Waals surface area contributed by atoms with E-state index < -0.39 is 12.0 Å². The minimum Gasteiger partial charge on any atom is -0.480 e. The summed E-state index contributed by atoms with van der Waals surface area (Å²) in [6.07, 6.45) is 1.70. The van der Waals surface area contributed by atoms with Gasteiger partial charge >= 0.3 is 5.97 Å². The summed E-state index contributed by atoms with van der Waals surface area (Å²) >= 11 is 12.1. The molecule has 1 N–H and O–H groups in total. The van der Waals surface area contributed by atoms with E-state index in [1.54, 1.807) is 43.3 Å². The number of aliphatic carboxylic acids is 1. The zero-order valence-electron chi connectivity index (χ0n) is 11.5. The van der Waals surface area contributed by atoms with E-state index in [1.807, 2.05) is 0 Å². The lowest BCUT2D eigenvalue weighted by Crippen LogP contribution is -2.35. The summed E-state index contributed by atoms with van der Waals surface area (Å²) in [6, 6.07) is 4.62. The Balaban J connectivity index is 2.19. The molecule has 8 heteroatoms. The Morgan fingerprint density at radius 2 is 2.19 bits per heavy atom. The second-order valence-electron chi connectivity index (χ2n) is 4.66. The van der Waals surface area contributed by atoms with Crippen molar-refractivity contribution in [3.8, 4) is 5.69 Å². The number of nitrogens with zero attached hydrogens (tertiary/aromatic N) is 4. The highest BCUT2D eigenvalue weighted by Gasteiger charge is 2.18. The second-order valence-corrected chi connectivity index (χ2v) is 5.44. The highest BCUT2D eigenvalue weighted by molar-refractivity contribution is 6.43. The molecule has 0 saturated heterocycles. The van der Waals surface area contributed by atoms with Crippen molar-refractivity contribution in [3.63, 3.8) is 0 Å². The number of hydrogen-bond acceptors (Lipinski definition) is 4. The SMILES string of the molecule is CC(C(=O)O)N(C)Cc1cn(-c2cccc(Cl)c2Cl)nn1. The first kappa shape index (κ1) is 15.8. The zero-order chi connectivity index (χ0) is 15.6. The minimum absolute atomic E-state index is 0.367. The van der Waals surface area contributed by atoms with E-state index in [-0.39, 0.29) is 0 Å². The molecule has 2 aromatic rings. The van der Waals surface area contributed by atoms with Crippen LogP contribution < -0.4 is 0 Å². The molecule has 1 unspecified atom stereocenters. The van der Waals surface area contributed by atoms with Crippen LogP contribution >= 0.6 is 23.2 Å². The summed E-state index contributed by atoms with van der Waals surface area (Å²) in [5.41, 5.74) is 1.26. The van der Waals surface area contributed by atoms with Gasteiger partial charge < -0.3 is 5.11 Å². The number of halogens is 2. The maximum absolute atomic E-state index is 10.9. The Hall–Kier alpha value is -1.63. The fourth-order valence-electron chi connectivity index (χ4n) is 1.74. The molecule has 1 aromatic heterocycles. The van der Waals surface area contributed by atoms with Crippen LogP contribution in [0.5, 0.6) is 0 Å². The lowest BCUT2D eigenvalue weighted by Gasteiger charge is -2.19. The Kier molecular flexibility index (Phi) is 4.82. The predicted octanol–water partition coefficient (Wildman–Crippen LogP) is 2.48. The van der Waals surface area contributed by atoms with Gasteiger partial charge in [0.05, 0.1) is 27.6 Å². The maximum atomic E-state index is 10.9. The van der Waals surface area contributed by atoms with Crippen molar-refractivity contribution in [2.45, 2.75) is 19.5 Å². The number of carboxylic acid groups (broad SMARTS) is 1. The monoisotopic (exact) mass is 328 g/mol. The van der Waals surface area contributed by atoms with Crippen LogP contribution in [0.15, 0.2) is 24.4 Å². The summed E-state index contributed by atoms with van der Waals surface area (Å²) in [5, 5.41) is 17.8. The molecule has 0 saturated carbocycles. The number of benzene rings is 1. The van der Waals surface area contributed by atoms with Gasteiger partial charge in [0.2, 0.25) is 0 Å². The van der Waals surface area contributed by atoms with Crippen molar-refractivity contribution in [3.05, 3.63) is 40.1 Å². The molecule has 0 aliphatic carbocycles. The molecule has 0 amide bonds. The highest BCUT2D eigenvalue weighted by atomic mass is 35.5. The smallest absolute Gasteiger partial charge is 0.320 e. The zero-order valence-corrected chi connectivity index (χ0v) is 13.0. The van der Waals surface area contributed by atoms with Crippen LogP contribution in [0.1, 0.15) is 12.6 Å². The van der Waals surface area contributed by atoms with E-state index in [0.29, 0.717) is 28.0 Å². The Morgan fingerprint density at radius 1 is 1.48 bits per heavy atom. The van der Waals surface area contributed by atoms with Gasteiger partial charge in [0.25, 0.3) is 0 Å². The molecule has 0 aliphatic rings. The molecule has 1 atom stereocenters. The first-order chi connectivity index (χ1) is 9.90. The standard InChI is InChI=1S/C13H14Cl2N4O2/c1-8(13(20)21)18(2)6-9-7-19(17-16-9)11-5-3-4-10(14)12(11)15/h3-5,7-8H,6H2,1-2H3,(H,20,21). The first-order valence-electron chi connectivity index (χ1n) is 6.19. The summed E-state index contributed by atoms with van der Waals surface area (Å²) in [6.45, 7) is 1.98. The molecule has 0 aliphatic heterocycles. The van der Waals surface area contributed by atoms with Crippen molar-refractivity contribution in [1.29, 1.82) is 0 Å². The van der Waals surface area contributed by atoms with Crippen LogP contribution in [0.3, 0.4) is 0 Å². The van der Waals surface area contributed by atoms with Gasteiger partial charge in [-0.25, -0.2) is 4.68 Å². The molecular weight excluding hydrogens is 315 g/mol. The van der Waals surface area contributed by atoms with Crippen LogP contribution in [0, 0.1) is 0 Å². The summed E-state index contributed by atoms with van der Waals surface area (Å²) in [5.74, 6) is -0.886. The Morgan fingerprint density at radius 3 is 2.86 bits per heavy atom. The van der Waals surface area contributed by atoms with Gasteiger partial charge in [-0.2, -0.15) is 0 Å². The van der Waals surface area contributed by atoms with E-state index in [1.165, 1.54) is 4.68 Å². The number of carbonyl (C=O) groups is 1. The fraction of sp³-hybridized carbons (Fsp3) is 0.308. The van der Waals surface area contributed by atoms with Crippen LogP contribution in [0.4, 0.5) is 0 Å². The number of carboxylic acids is 1. The van der Waals surface area contributed by atoms with Gasteiger partial charge in [0.1, 0.15) is 6.04 Å². The third kappa shape index (κ3) is 3.53. The fourth-order valence-corrected chi connectivity index (χ4v) is 2.12. The first-order valence-corrected chi connectivity index (χ1v) is 6.94. The summed E-state index contributed by atoms with van der Waals surface area (Å²) < 4.78 is 1.52. The van der Waals surface area contributed by atoms with Crippen molar-refractivity contribution in [1.82, 2.24) is 19.9 Å². The minimum atomic E-state index is -0.886. The van der Waals surface area contributed by atoms with Crippen LogP contribution in [0.2, 0.25) is 10.0 Å². The van der Waals surface area contributed by atoms with E-state index in [0.717, 1.165) is 0 Å². The van der Waals surface area contributed by atoms with Crippen molar-refractivity contribution >= 4 is 29.2 Å². The Labute approximate surface area is 131 Å². The maximum Gasteiger partial charge on any atom is 0.320 e. The third-order valence-corrected chi connectivity index (χ3v) is 3.96. The third-order valence-electron chi connectivity index (χ3n) is 3.15. The van der Waals surface area contributed by atoms with Gasteiger partial charge in [-0.1, -0.05) is 34.5 Å². The van der Waals surface area contributed by atoms with Crippen molar-refractivity contribution in [2.75, 3.05) is 7.05 Å². The molecule has 0 bridgehead atoms. The lowest BCUT2D eigenvalue weighted by atomic mass is 10.3. The van der Waals surface area contributed by atoms with E-state index >= 15 is 0 Å². The van der Waals surface area contributed by atoms with Crippen LogP contribution in [0.25, 0.3) is 5.69 Å². The Bertz CT molecular complexity index is 659. The normalized spacial score (nSPS) is 12.6. The van der Waals surface area contributed by atoms with Crippen LogP contribution in [-0.4, -0.2) is 44.1 Å². The largest absolute Gasteiger partial charge is 0.480 e. The highest BCUT2D eigenvalue weighted by Crippen LogP contribution is 2.27. The van der Waals surface area contributed by atoms with Gasteiger partial charge in [0.15, 0.2) is 0 Å². The van der Waals surface area contributed by atoms with Crippen molar-refractivity contribution in [2.24, 2.45) is 0 Å². The quantitative estimate of drug-likeness (QED) is 0.912. The summed E-state index contributed by atoms with van der Waals surface area (Å²) in [7, 11) is 1.71. The van der Waals surface area contributed by atoms with Gasteiger partial charge in [-0.05, 0) is 26.1 Å². The number of likely N-dealkylation sites (N-methyl/N-ethyl adjacent to an activating group) is 1. The molecular formula is C13H14Cl2N4O2. The van der Waals surface area contributed by atoms with Gasteiger partial charge in [-0.15, -0.1) is 5.10 Å². The van der Waals surface area contributed by atoms with E-state index in [2.05, 4.69) is 10.3 Å². The average Bonchev–Trinajstić information content (AvgIpc) is 2.89. The second kappa shape index (κ2) is 6.43. The molecule has 1 aromatic carbocycles. The molecule has 2 rings (SSSR count). The number of rotatable bonds is 5. The molecule has 0 fully saturated rings. The molecule has 0 spiro atoms. The van der Waals surface area contributed by atoms with Gasteiger partial charge in [0, 0.05) is 6.54 Å². The van der Waals surface area contributed by atoms with E-state index in [4.69, 9.17) is 28.3 Å². The van der Waals surface area contributed by atoms with Crippen LogP contribution in [-0.2, 0) is 11.3 Å². The molecule has 21 heavy (non-hydrogen) atoms. The lowest BCUT2D eigenvalue weighted by molar-refractivity contribution is -0.142. The average molecular weight is 329 g/mol. The number of aromatic nitrogens is 3. The topological polar surface area (TPSA) is 71.2 Å². The predicted molar refractivity (Wildman–Crippen MR) is 79.9 cm³/mol. The molecule has 6 nitrogen and oxygen atoms in total. The molecule has 1 heterocycles. The summed E-state index contributed by atoms with van der Waals surface area (Å²) in [4.78, 5) is 12.6.